The Labute approximate surface area is 195 Å². The summed E-state index contributed by atoms with van der Waals surface area (Å²) in [5.41, 5.74) is 3.38. The van der Waals surface area contributed by atoms with E-state index in [9.17, 15) is 14.7 Å². The molecule has 1 unspecified atom stereocenters. The van der Waals surface area contributed by atoms with Gasteiger partial charge in [0, 0.05) is 31.4 Å². The van der Waals surface area contributed by atoms with E-state index in [-0.39, 0.29) is 17.4 Å². The zero-order valence-corrected chi connectivity index (χ0v) is 19.8. The number of aliphatic hydroxyl groups is 1. The lowest BCUT2D eigenvalue weighted by Gasteiger charge is -2.31. The highest BCUT2D eigenvalue weighted by atomic mass is 16.5. The quantitative estimate of drug-likeness (QED) is 0.390. The standard InChI is InChI=1S/C27H32N2O4/c1-5-33-22-15-12-19(16-17(22)2)25(30)23-24(18-10-13-20(14-11-18)28(3)4)29(27(32)26(23)31)21-8-6-7-9-21/h10-16,21,24,30H,5-9H2,1-4H3/b25-23-. The highest BCUT2D eigenvalue weighted by Gasteiger charge is 2.49. The van der Waals surface area contributed by atoms with Crippen molar-refractivity contribution in [3.8, 4) is 5.75 Å². The number of hydrogen-bond acceptors (Lipinski definition) is 5. The second-order valence-electron chi connectivity index (χ2n) is 9.04. The molecule has 1 aliphatic heterocycles. The molecule has 2 fully saturated rings. The van der Waals surface area contributed by atoms with Crippen molar-refractivity contribution < 1.29 is 19.4 Å². The number of aliphatic hydroxyl groups excluding tert-OH is 1. The van der Waals surface area contributed by atoms with Gasteiger partial charge in [-0.05, 0) is 68.1 Å². The summed E-state index contributed by atoms with van der Waals surface area (Å²) in [5.74, 6) is -0.543. The number of Topliss-reactive ketones (excluding diaryl/α,β-unsaturated/α-hetero) is 1. The van der Waals surface area contributed by atoms with Crippen LogP contribution in [0.2, 0.25) is 0 Å². The number of carbonyl (C=O) groups is 2. The van der Waals surface area contributed by atoms with Gasteiger partial charge in [0.05, 0.1) is 18.2 Å². The summed E-state index contributed by atoms with van der Waals surface area (Å²) >= 11 is 0. The zero-order valence-electron chi connectivity index (χ0n) is 19.8. The third kappa shape index (κ3) is 4.22. The van der Waals surface area contributed by atoms with Crippen molar-refractivity contribution in [2.75, 3.05) is 25.6 Å². The summed E-state index contributed by atoms with van der Waals surface area (Å²) in [4.78, 5) is 30.2. The number of aryl methyl sites for hydroxylation is 1. The first kappa shape index (κ1) is 22.9. The Kier molecular flexibility index (Phi) is 6.45. The van der Waals surface area contributed by atoms with Crippen LogP contribution in [0.1, 0.15) is 55.3 Å². The first-order chi connectivity index (χ1) is 15.8. The molecule has 1 saturated carbocycles. The summed E-state index contributed by atoms with van der Waals surface area (Å²) in [6.45, 7) is 4.36. The van der Waals surface area contributed by atoms with E-state index in [4.69, 9.17) is 4.74 Å². The Morgan fingerprint density at radius 2 is 1.76 bits per heavy atom. The zero-order chi connectivity index (χ0) is 23.7. The molecule has 1 atom stereocenters. The van der Waals surface area contributed by atoms with E-state index >= 15 is 0 Å². The fourth-order valence-corrected chi connectivity index (χ4v) is 4.96. The third-order valence-electron chi connectivity index (χ3n) is 6.67. The Balaban J connectivity index is 1.84. The molecule has 2 aromatic carbocycles. The molecule has 0 spiro atoms. The van der Waals surface area contributed by atoms with Gasteiger partial charge in [-0.1, -0.05) is 25.0 Å². The van der Waals surface area contributed by atoms with E-state index in [1.807, 2.05) is 57.1 Å². The summed E-state index contributed by atoms with van der Waals surface area (Å²) in [5, 5.41) is 11.3. The minimum absolute atomic E-state index is 0.00680. The van der Waals surface area contributed by atoms with Gasteiger partial charge in [-0.2, -0.15) is 0 Å². The lowest BCUT2D eigenvalue weighted by atomic mass is 9.94. The van der Waals surface area contributed by atoms with Gasteiger partial charge in [0.2, 0.25) is 0 Å². The SMILES string of the molecule is CCOc1ccc(/C(O)=C2/C(=O)C(=O)N(C3CCCC3)C2c2ccc(N(C)C)cc2)cc1C. The molecule has 2 aromatic rings. The second kappa shape index (κ2) is 9.30. The number of benzene rings is 2. The molecule has 33 heavy (non-hydrogen) atoms. The van der Waals surface area contributed by atoms with Crippen LogP contribution in [0.4, 0.5) is 5.69 Å². The van der Waals surface area contributed by atoms with Gasteiger partial charge in [0.1, 0.15) is 11.5 Å². The molecule has 2 aliphatic rings. The van der Waals surface area contributed by atoms with Crippen LogP contribution < -0.4 is 9.64 Å². The van der Waals surface area contributed by atoms with E-state index in [0.29, 0.717) is 12.2 Å². The fourth-order valence-electron chi connectivity index (χ4n) is 4.96. The smallest absolute Gasteiger partial charge is 0.295 e. The molecule has 1 aliphatic carbocycles. The first-order valence-electron chi connectivity index (χ1n) is 11.6. The van der Waals surface area contributed by atoms with Crippen LogP contribution in [0.15, 0.2) is 48.0 Å². The topological polar surface area (TPSA) is 70.1 Å². The summed E-state index contributed by atoms with van der Waals surface area (Å²) in [6, 6.07) is 12.6. The Morgan fingerprint density at radius 1 is 1.09 bits per heavy atom. The molecule has 1 amide bonds. The molecular formula is C27H32N2O4. The van der Waals surface area contributed by atoms with Crippen molar-refractivity contribution in [2.24, 2.45) is 0 Å². The molecule has 6 nitrogen and oxygen atoms in total. The van der Waals surface area contributed by atoms with Gasteiger partial charge in [-0.15, -0.1) is 0 Å². The third-order valence-corrected chi connectivity index (χ3v) is 6.67. The van der Waals surface area contributed by atoms with Crippen molar-refractivity contribution in [1.82, 2.24) is 4.90 Å². The monoisotopic (exact) mass is 448 g/mol. The molecular weight excluding hydrogens is 416 g/mol. The molecule has 1 saturated heterocycles. The van der Waals surface area contributed by atoms with Crippen LogP contribution in [0.25, 0.3) is 5.76 Å². The highest BCUT2D eigenvalue weighted by molar-refractivity contribution is 6.46. The fraction of sp³-hybridized carbons (Fsp3) is 0.407. The van der Waals surface area contributed by atoms with E-state index in [1.54, 1.807) is 23.1 Å². The molecule has 0 aromatic heterocycles. The molecule has 1 N–H and O–H groups in total. The minimum Gasteiger partial charge on any atom is -0.507 e. The molecule has 1 heterocycles. The molecule has 174 valence electrons. The van der Waals surface area contributed by atoms with Crippen LogP contribution >= 0.6 is 0 Å². The number of carbonyl (C=O) groups excluding carboxylic acids is 2. The maximum atomic E-state index is 13.3. The van der Waals surface area contributed by atoms with Gasteiger partial charge in [0.25, 0.3) is 11.7 Å². The molecule has 0 bridgehead atoms. The van der Waals surface area contributed by atoms with Gasteiger partial charge in [-0.3, -0.25) is 9.59 Å². The summed E-state index contributed by atoms with van der Waals surface area (Å²) in [7, 11) is 3.93. The van der Waals surface area contributed by atoms with Crippen molar-refractivity contribution in [3.63, 3.8) is 0 Å². The number of nitrogens with zero attached hydrogens (tertiary/aromatic N) is 2. The van der Waals surface area contributed by atoms with Gasteiger partial charge in [-0.25, -0.2) is 0 Å². The predicted octanol–water partition coefficient (Wildman–Crippen LogP) is 4.82. The van der Waals surface area contributed by atoms with E-state index in [2.05, 4.69) is 0 Å². The average molecular weight is 449 g/mol. The van der Waals surface area contributed by atoms with Crippen molar-refractivity contribution in [2.45, 2.75) is 51.6 Å². The first-order valence-corrected chi connectivity index (χ1v) is 11.6. The number of likely N-dealkylation sites (tertiary alicyclic amines) is 1. The minimum atomic E-state index is -0.618. The summed E-state index contributed by atoms with van der Waals surface area (Å²) in [6.07, 6.45) is 3.83. The largest absolute Gasteiger partial charge is 0.507 e. The van der Waals surface area contributed by atoms with E-state index < -0.39 is 17.7 Å². The van der Waals surface area contributed by atoms with Crippen LogP contribution in [0.5, 0.6) is 5.75 Å². The van der Waals surface area contributed by atoms with Crippen LogP contribution in [-0.4, -0.2) is 48.4 Å². The Morgan fingerprint density at radius 3 is 2.33 bits per heavy atom. The number of anilines is 1. The molecule has 4 rings (SSSR count). The number of amides is 1. The second-order valence-corrected chi connectivity index (χ2v) is 9.04. The predicted molar refractivity (Wildman–Crippen MR) is 130 cm³/mol. The van der Waals surface area contributed by atoms with Crippen LogP contribution in [-0.2, 0) is 9.59 Å². The highest BCUT2D eigenvalue weighted by Crippen LogP contribution is 2.44. The number of rotatable bonds is 6. The number of hydrogen-bond donors (Lipinski definition) is 1. The van der Waals surface area contributed by atoms with Gasteiger partial charge >= 0.3 is 0 Å². The maximum absolute atomic E-state index is 13.3. The van der Waals surface area contributed by atoms with E-state index in [0.717, 1.165) is 48.2 Å². The maximum Gasteiger partial charge on any atom is 0.295 e. The molecule has 6 heteroatoms. The van der Waals surface area contributed by atoms with Crippen molar-refractivity contribution in [1.29, 1.82) is 0 Å². The van der Waals surface area contributed by atoms with E-state index in [1.165, 1.54) is 0 Å². The van der Waals surface area contributed by atoms with Gasteiger partial charge < -0.3 is 19.6 Å². The van der Waals surface area contributed by atoms with Crippen LogP contribution in [0, 0.1) is 6.92 Å². The lowest BCUT2D eigenvalue weighted by Crippen LogP contribution is -2.37. The summed E-state index contributed by atoms with van der Waals surface area (Å²) < 4.78 is 5.61. The normalized spacial score (nSPS) is 20.5. The Bertz CT molecular complexity index is 1080. The number of ketones is 1. The van der Waals surface area contributed by atoms with Crippen molar-refractivity contribution >= 4 is 23.1 Å². The lowest BCUT2D eigenvalue weighted by molar-refractivity contribution is -0.141. The number of ether oxygens (including phenoxy) is 1. The van der Waals surface area contributed by atoms with Crippen molar-refractivity contribution in [3.05, 3.63) is 64.7 Å². The molecule has 0 radical (unpaired) electrons. The van der Waals surface area contributed by atoms with Crippen LogP contribution in [0.3, 0.4) is 0 Å². The Hall–Kier alpha value is -3.28. The van der Waals surface area contributed by atoms with Gasteiger partial charge in [0.15, 0.2) is 0 Å². The average Bonchev–Trinajstić information content (AvgIpc) is 3.42.